The van der Waals surface area contributed by atoms with Crippen LogP contribution in [0.4, 0.5) is 0 Å². The zero-order chi connectivity index (χ0) is 3.58. The summed E-state index contributed by atoms with van der Waals surface area (Å²) in [4.78, 5) is 0. The van der Waals surface area contributed by atoms with E-state index in [1.807, 2.05) is 0 Å². The second-order valence-electron chi connectivity index (χ2n) is 1.50. The fourth-order valence-electron chi connectivity index (χ4n) is 0. The minimum atomic E-state index is -0.657. The molecule has 5 heavy (non-hydrogen) atoms. The second kappa shape index (κ2) is 5.52. The largest absolute Gasteiger partial charge is 0 e. The maximum Gasteiger partial charge on any atom is 0 e. The molecular weight excluding hydrogens is 250 g/mol. The van der Waals surface area contributed by atoms with Gasteiger partial charge in [0.25, 0.3) is 0 Å². The van der Waals surface area contributed by atoms with Gasteiger partial charge in [-0.15, -0.1) is 0 Å². The van der Waals surface area contributed by atoms with Gasteiger partial charge < -0.3 is 0 Å². The molecular formula is C3H9LiPb. The first-order valence-electron chi connectivity index (χ1n) is 1.50. The molecule has 0 nitrogen and oxygen atoms in total. The van der Waals surface area contributed by atoms with Crippen LogP contribution >= 0.6 is 0 Å². The average molecular weight is 259 g/mol. The molecule has 0 heterocycles. The van der Waals surface area contributed by atoms with Crippen molar-refractivity contribution in [2.75, 3.05) is 0 Å². The SMILES string of the molecule is [CH3][Pb]([CH3])[CH3].[Li]. The predicted octanol–water partition coefficient (Wildman–Crippen LogP) is 0.990. The maximum atomic E-state index is 2.38. The van der Waals surface area contributed by atoms with Crippen LogP contribution in [-0.2, 0) is 0 Å². The van der Waals surface area contributed by atoms with Crippen molar-refractivity contribution in [3.8, 4) is 0 Å². The van der Waals surface area contributed by atoms with E-state index in [9.17, 15) is 0 Å². The normalized spacial score (nSPS) is 7.20. The molecule has 2 heteroatoms. The topological polar surface area (TPSA) is 0 Å². The summed E-state index contributed by atoms with van der Waals surface area (Å²) in [5.41, 5.74) is 0. The summed E-state index contributed by atoms with van der Waals surface area (Å²) in [7, 11) is 0. The average Bonchev–Trinajstić information content (AvgIpc) is 0.811. The minimum Gasteiger partial charge on any atom is 0 e. The summed E-state index contributed by atoms with van der Waals surface area (Å²) in [5, 5.41) is 0. The van der Waals surface area contributed by atoms with Crippen LogP contribution in [0.2, 0.25) is 13.4 Å². The third kappa shape index (κ3) is 29.6. The van der Waals surface area contributed by atoms with Gasteiger partial charge in [0, 0.05) is 18.9 Å². The van der Waals surface area contributed by atoms with Crippen molar-refractivity contribution in [1.29, 1.82) is 0 Å². The fraction of sp³-hybridized carbons (Fsp3) is 1.00. The summed E-state index contributed by atoms with van der Waals surface area (Å²) in [6, 6.07) is 0. The molecule has 0 fully saturated rings. The molecule has 0 aliphatic rings. The maximum absolute atomic E-state index is 2.38. The molecule has 0 aromatic heterocycles. The Morgan fingerprint density at radius 1 is 1.00 bits per heavy atom. The first-order valence-corrected chi connectivity index (χ1v) is 13.2. The molecule has 26 valence electrons. The molecule has 0 bridgehead atoms. The van der Waals surface area contributed by atoms with Gasteiger partial charge in [0.05, 0.1) is 0 Å². The van der Waals surface area contributed by atoms with E-state index in [0.29, 0.717) is 0 Å². The van der Waals surface area contributed by atoms with Gasteiger partial charge in [0.1, 0.15) is 0 Å². The van der Waals surface area contributed by atoms with Crippen molar-refractivity contribution in [3.63, 3.8) is 0 Å². The first-order chi connectivity index (χ1) is 1.73. The summed E-state index contributed by atoms with van der Waals surface area (Å²) < 4.78 is 7.14. The number of rotatable bonds is 0. The van der Waals surface area contributed by atoms with Crippen molar-refractivity contribution in [2.45, 2.75) is 13.4 Å². The van der Waals surface area contributed by atoms with E-state index >= 15 is 0 Å². The molecule has 2 radical (unpaired) electrons. The summed E-state index contributed by atoms with van der Waals surface area (Å²) >= 11 is -0.657. The van der Waals surface area contributed by atoms with E-state index in [2.05, 4.69) is 13.4 Å². The van der Waals surface area contributed by atoms with E-state index in [1.165, 1.54) is 0 Å². The Morgan fingerprint density at radius 2 is 1.00 bits per heavy atom. The third-order valence-electron chi connectivity index (χ3n) is 0. The Labute approximate surface area is 54.6 Å². The van der Waals surface area contributed by atoms with Gasteiger partial charge in [0.15, 0.2) is 0 Å². The van der Waals surface area contributed by atoms with Crippen LogP contribution in [0.1, 0.15) is 0 Å². The Morgan fingerprint density at radius 3 is 1.00 bits per heavy atom. The fourth-order valence-corrected chi connectivity index (χ4v) is 0. The molecule has 0 aromatic carbocycles. The molecule has 0 aliphatic carbocycles. The smallest absolute Gasteiger partial charge is 0 e. The van der Waals surface area contributed by atoms with Crippen molar-refractivity contribution in [3.05, 3.63) is 0 Å². The molecule has 0 unspecified atom stereocenters. The van der Waals surface area contributed by atoms with Crippen LogP contribution in [0.15, 0.2) is 0 Å². The predicted molar refractivity (Wildman–Crippen MR) is 29.1 cm³/mol. The van der Waals surface area contributed by atoms with Crippen molar-refractivity contribution < 1.29 is 0 Å². The molecule has 0 rings (SSSR count). The van der Waals surface area contributed by atoms with Gasteiger partial charge in [-0.2, -0.15) is 0 Å². The third-order valence-corrected chi connectivity index (χ3v) is 0. The molecule has 0 saturated heterocycles. The standard InChI is InChI=1S/3CH3.Li.Pb/h3*1H3;;. The van der Waals surface area contributed by atoms with Crippen LogP contribution in [0.25, 0.3) is 0 Å². The molecule has 0 aliphatic heterocycles. The molecule has 0 spiro atoms. The molecule has 0 atom stereocenters. The van der Waals surface area contributed by atoms with E-state index < -0.39 is 22.7 Å². The van der Waals surface area contributed by atoms with Gasteiger partial charge in [0.2, 0.25) is 0 Å². The van der Waals surface area contributed by atoms with E-state index in [-0.39, 0.29) is 18.9 Å². The Hall–Kier alpha value is 1.52. The van der Waals surface area contributed by atoms with Crippen LogP contribution < -0.4 is 0 Å². The minimum absolute atomic E-state index is 0. The summed E-state index contributed by atoms with van der Waals surface area (Å²) in [5.74, 6) is 0. The second-order valence-corrected chi connectivity index (χ2v) is 13.2. The summed E-state index contributed by atoms with van der Waals surface area (Å²) in [6.07, 6.45) is 0. The monoisotopic (exact) mass is 260 g/mol. The van der Waals surface area contributed by atoms with E-state index in [0.717, 1.165) is 0 Å². The Bertz CT molecular complexity index is 11.6. The van der Waals surface area contributed by atoms with Crippen LogP contribution in [0.5, 0.6) is 0 Å². The van der Waals surface area contributed by atoms with E-state index in [1.54, 1.807) is 0 Å². The molecule has 0 amide bonds. The van der Waals surface area contributed by atoms with Crippen molar-refractivity contribution in [1.82, 2.24) is 0 Å². The number of hydrogen-bond donors (Lipinski definition) is 0. The van der Waals surface area contributed by atoms with Crippen molar-refractivity contribution >= 4 is 41.6 Å². The molecule has 0 saturated carbocycles. The van der Waals surface area contributed by atoms with Crippen LogP contribution in [0.3, 0.4) is 0 Å². The summed E-state index contributed by atoms with van der Waals surface area (Å²) in [6.45, 7) is 0. The zero-order valence-corrected chi connectivity index (χ0v) is 8.39. The van der Waals surface area contributed by atoms with Crippen LogP contribution in [0, 0.1) is 0 Å². The first kappa shape index (κ1) is 9.72. The molecule has 0 N–H and O–H groups in total. The van der Waals surface area contributed by atoms with Gasteiger partial charge >= 0.3 is 36.2 Å². The Balaban J connectivity index is 0. The number of hydrogen-bond acceptors (Lipinski definition) is 0. The van der Waals surface area contributed by atoms with Crippen molar-refractivity contribution in [2.24, 2.45) is 0 Å². The Kier molecular flexibility index (Phi) is 10.7. The molecule has 0 aromatic rings. The van der Waals surface area contributed by atoms with Crippen LogP contribution in [-0.4, -0.2) is 41.6 Å². The van der Waals surface area contributed by atoms with E-state index in [4.69, 9.17) is 0 Å². The zero-order valence-electron chi connectivity index (χ0n) is 4.50. The van der Waals surface area contributed by atoms with Gasteiger partial charge in [-0.1, -0.05) is 0 Å². The van der Waals surface area contributed by atoms with Gasteiger partial charge in [-0.3, -0.25) is 0 Å². The quantitative estimate of drug-likeness (QED) is 0.569. The van der Waals surface area contributed by atoms with Gasteiger partial charge in [-0.25, -0.2) is 0 Å². The van der Waals surface area contributed by atoms with Gasteiger partial charge in [-0.05, 0) is 0 Å².